The van der Waals surface area contributed by atoms with Crippen LogP contribution in [0.2, 0.25) is 0 Å². The van der Waals surface area contributed by atoms with Crippen LogP contribution in [0.5, 0.6) is 0 Å². The van der Waals surface area contributed by atoms with E-state index in [0.717, 1.165) is 0 Å². The fourth-order valence-electron chi connectivity index (χ4n) is 2.82. The van der Waals surface area contributed by atoms with Gasteiger partial charge in [0.25, 0.3) is 0 Å². The van der Waals surface area contributed by atoms with Crippen molar-refractivity contribution in [2.75, 3.05) is 27.2 Å². The molecule has 1 fully saturated rings. The van der Waals surface area contributed by atoms with Gasteiger partial charge in [-0.1, -0.05) is 0 Å². The Balaban J connectivity index is 2.18. The monoisotopic (exact) mass is 360 g/mol. The van der Waals surface area contributed by atoms with E-state index in [-0.39, 0.29) is 24.5 Å². The molecule has 138 valence electrons. The number of nitrogens with one attached hydrogen (secondary N) is 1. The van der Waals surface area contributed by atoms with Crippen LogP contribution >= 0.6 is 0 Å². The lowest BCUT2D eigenvalue weighted by Gasteiger charge is -2.28. The number of carbonyl (C=O) groups is 1. The molecule has 1 aliphatic carbocycles. The van der Waals surface area contributed by atoms with E-state index in [1.54, 1.807) is 0 Å². The summed E-state index contributed by atoms with van der Waals surface area (Å²) < 4.78 is 54.5. The summed E-state index contributed by atoms with van der Waals surface area (Å²) in [6.07, 6.45) is -0.437. The first kappa shape index (κ1) is 19.4. The first-order chi connectivity index (χ1) is 11.7. The summed E-state index contributed by atoms with van der Waals surface area (Å²) in [5.74, 6) is -7.76. The van der Waals surface area contributed by atoms with Crippen molar-refractivity contribution < 1.29 is 27.5 Å². The lowest BCUT2D eigenvalue weighted by atomic mass is 9.79. The molecule has 0 spiro atoms. The summed E-state index contributed by atoms with van der Waals surface area (Å²) in [5, 5.41) is 13.0. The molecule has 2 unspecified atom stereocenters. The third kappa shape index (κ3) is 4.38. The maximum atomic E-state index is 13.9. The summed E-state index contributed by atoms with van der Waals surface area (Å²) in [6, 6.07) is 0.120. The topological polar surface area (TPSA) is 52.6 Å². The average molecular weight is 360 g/mol. The smallest absolute Gasteiger partial charge is 0.165 e. The van der Waals surface area contributed by atoms with Crippen molar-refractivity contribution in [1.82, 2.24) is 10.2 Å². The molecule has 0 bridgehead atoms. The fourth-order valence-corrected chi connectivity index (χ4v) is 2.82. The summed E-state index contributed by atoms with van der Waals surface area (Å²) in [5.41, 5.74) is -0.739. The molecule has 8 heteroatoms. The molecule has 0 aliphatic heterocycles. The highest BCUT2D eigenvalue weighted by Gasteiger charge is 2.36. The number of carbonyl (C=O) groups excluding carboxylic acids is 1. The SMILES string of the molecule is CN(C)CCN/C=C1/C(=O)CC(c2c(F)c(F)cc(F)c2F)CC1O. The highest BCUT2D eigenvalue weighted by molar-refractivity contribution is 5.97. The van der Waals surface area contributed by atoms with Crippen molar-refractivity contribution in [2.24, 2.45) is 0 Å². The van der Waals surface area contributed by atoms with Gasteiger partial charge in [-0.15, -0.1) is 0 Å². The minimum Gasteiger partial charge on any atom is -0.389 e. The zero-order valence-electron chi connectivity index (χ0n) is 14.0. The Hall–Kier alpha value is -1.93. The summed E-state index contributed by atoms with van der Waals surface area (Å²) in [7, 11) is 3.75. The first-order valence-electron chi connectivity index (χ1n) is 7.84. The summed E-state index contributed by atoms with van der Waals surface area (Å²) >= 11 is 0. The number of hydrogen-bond acceptors (Lipinski definition) is 4. The predicted molar refractivity (Wildman–Crippen MR) is 83.9 cm³/mol. The number of hydrogen-bond donors (Lipinski definition) is 2. The van der Waals surface area contributed by atoms with E-state index >= 15 is 0 Å². The Bertz CT molecular complexity index is 665. The van der Waals surface area contributed by atoms with Crippen molar-refractivity contribution in [2.45, 2.75) is 24.9 Å². The number of likely N-dealkylation sites (N-methyl/N-ethyl adjacent to an activating group) is 1. The molecule has 2 rings (SSSR count). The summed E-state index contributed by atoms with van der Waals surface area (Å²) in [4.78, 5) is 14.1. The van der Waals surface area contributed by atoms with E-state index in [1.165, 1.54) is 6.20 Å². The maximum Gasteiger partial charge on any atom is 0.165 e. The zero-order valence-corrected chi connectivity index (χ0v) is 14.0. The Kier molecular flexibility index (Phi) is 6.18. The van der Waals surface area contributed by atoms with Gasteiger partial charge in [0, 0.05) is 42.9 Å². The molecular weight excluding hydrogens is 340 g/mol. The Morgan fingerprint density at radius 2 is 1.84 bits per heavy atom. The molecular formula is C17H20F4N2O2. The second-order valence-electron chi connectivity index (χ2n) is 6.31. The van der Waals surface area contributed by atoms with E-state index in [9.17, 15) is 27.5 Å². The average Bonchev–Trinajstić information content (AvgIpc) is 2.51. The molecule has 1 aromatic carbocycles. The van der Waals surface area contributed by atoms with E-state index in [2.05, 4.69) is 5.32 Å². The molecule has 0 aromatic heterocycles. The van der Waals surface area contributed by atoms with Gasteiger partial charge < -0.3 is 15.3 Å². The first-order valence-corrected chi connectivity index (χ1v) is 7.84. The Morgan fingerprint density at radius 1 is 1.24 bits per heavy atom. The molecule has 2 atom stereocenters. The van der Waals surface area contributed by atoms with Gasteiger partial charge >= 0.3 is 0 Å². The number of halogens is 4. The van der Waals surface area contributed by atoms with Crippen LogP contribution in [0.25, 0.3) is 0 Å². The molecule has 1 saturated carbocycles. The third-order valence-corrected chi connectivity index (χ3v) is 4.14. The minimum atomic E-state index is -1.53. The van der Waals surface area contributed by atoms with Crippen LogP contribution in [0, 0.1) is 23.3 Å². The highest BCUT2D eigenvalue weighted by Crippen LogP contribution is 2.37. The second kappa shape index (κ2) is 7.97. The van der Waals surface area contributed by atoms with Crippen LogP contribution in [0.4, 0.5) is 17.6 Å². The van der Waals surface area contributed by atoms with Gasteiger partial charge in [-0.2, -0.15) is 0 Å². The number of aliphatic hydroxyl groups is 1. The van der Waals surface area contributed by atoms with Gasteiger partial charge in [0.1, 0.15) is 0 Å². The van der Waals surface area contributed by atoms with Gasteiger partial charge in [0.05, 0.1) is 6.10 Å². The van der Waals surface area contributed by atoms with E-state index in [4.69, 9.17) is 0 Å². The van der Waals surface area contributed by atoms with Crippen LogP contribution in [0.3, 0.4) is 0 Å². The number of nitrogens with zero attached hydrogens (tertiary/aromatic N) is 1. The molecule has 25 heavy (non-hydrogen) atoms. The number of benzene rings is 1. The van der Waals surface area contributed by atoms with E-state index in [0.29, 0.717) is 13.1 Å². The largest absolute Gasteiger partial charge is 0.389 e. The van der Waals surface area contributed by atoms with Crippen molar-refractivity contribution in [3.8, 4) is 0 Å². The van der Waals surface area contributed by atoms with Crippen LogP contribution in [0.15, 0.2) is 17.8 Å². The van der Waals surface area contributed by atoms with Gasteiger partial charge in [0.15, 0.2) is 29.1 Å². The molecule has 1 aliphatic rings. The Morgan fingerprint density at radius 3 is 2.36 bits per heavy atom. The van der Waals surface area contributed by atoms with Gasteiger partial charge in [0.2, 0.25) is 0 Å². The van der Waals surface area contributed by atoms with Crippen LogP contribution in [-0.2, 0) is 4.79 Å². The van der Waals surface area contributed by atoms with E-state index < -0.39 is 46.6 Å². The molecule has 4 nitrogen and oxygen atoms in total. The van der Waals surface area contributed by atoms with Crippen molar-refractivity contribution >= 4 is 5.78 Å². The van der Waals surface area contributed by atoms with Crippen molar-refractivity contribution in [3.05, 3.63) is 46.7 Å². The lowest BCUT2D eigenvalue weighted by molar-refractivity contribution is -0.118. The van der Waals surface area contributed by atoms with E-state index in [1.807, 2.05) is 19.0 Å². The normalized spacial score (nSPS) is 22.7. The lowest BCUT2D eigenvalue weighted by Crippen LogP contribution is -2.32. The standard InChI is InChI=1S/C17H20F4N2O2/c1-23(2)4-3-22-8-10-13(24)5-9(6-14(10)25)15-16(20)11(18)7-12(19)17(15)21/h7-9,13,22,24H,3-6H2,1-2H3/b10-8+. The number of rotatable bonds is 5. The Labute approximate surface area is 143 Å². The second-order valence-corrected chi connectivity index (χ2v) is 6.31. The van der Waals surface area contributed by atoms with Crippen LogP contribution in [0.1, 0.15) is 24.3 Å². The third-order valence-electron chi connectivity index (χ3n) is 4.14. The van der Waals surface area contributed by atoms with Gasteiger partial charge in [-0.05, 0) is 26.4 Å². The number of aliphatic hydroxyl groups excluding tert-OH is 1. The summed E-state index contributed by atoms with van der Waals surface area (Å²) in [6.45, 7) is 1.24. The quantitative estimate of drug-likeness (QED) is 0.365. The number of Topliss-reactive ketones (excluding diaryl/α,β-unsaturated/α-hetero) is 1. The molecule has 1 aromatic rings. The van der Waals surface area contributed by atoms with Crippen molar-refractivity contribution in [3.63, 3.8) is 0 Å². The molecule has 0 heterocycles. The molecule has 0 saturated heterocycles. The molecule has 2 N–H and O–H groups in total. The maximum absolute atomic E-state index is 13.9. The fraction of sp³-hybridized carbons (Fsp3) is 0.471. The van der Waals surface area contributed by atoms with Gasteiger partial charge in [-0.25, -0.2) is 17.6 Å². The number of ketones is 1. The zero-order chi connectivity index (χ0) is 18.7. The molecule has 0 radical (unpaired) electrons. The minimum absolute atomic E-state index is 0.0905. The van der Waals surface area contributed by atoms with Crippen molar-refractivity contribution in [1.29, 1.82) is 0 Å². The van der Waals surface area contributed by atoms with Crippen LogP contribution < -0.4 is 5.32 Å². The highest BCUT2D eigenvalue weighted by atomic mass is 19.2. The van der Waals surface area contributed by atoms with Crippen LogP contribution in [-0.4, -0.2) is 49.1 Å². The molecule has 0 amide bonds. The predicted octanol–water partition coefficient (Wildman–Crippen LogP) is 2.09. The van der Waals surface area contributed by atoms with Gasteiger partial charge in [-0.3, -0.25) is 4.79 Å².